The molecule has 0 N–H and O–H groups in total. The van der Waals surface area contributed by atoms with Crippen LogP contribution in [0.3, 0.4) is 0 Å². The molecule has 0 aromatic carbocycles. The van der Waals surface area contributed by atoms with E-state index in [1.165, 1.54) is 186 Å². The molecule has 12 aliphatic carbocycles. The van der Waals surface area contributed by atoms with Crippen LogP contribution in [0.4, 0.5) is 0 Å². The maximum atomic E-state index is 12.1. The summed E-state index contributed by atoms with van der Waals surface area (Å²) in [6.45, 7) is 13.3. The molecule has 6 nitrogen and oxygen atoms in total. The predicted octanol–water partition coefficient (Wildman–Crippen LogP) is 20.9. The van der Waals surface area contributed by atoms with Crippen LogP contribution in [0.5, 0.6) is 0 Å². The number of carbonyl (C=O) groups excluding carboxylic acids is 6. The Labute approximate surface area is 520 Å². The molecule has 12 bridgehead atoms. The number of unbranched alkanes of at least 4 members (excludes halogenated alkanes) is 13. The number of carbonyl (C=O) groups is 6. The van der Waals surface area contributed by atoms with E-state index in [0.717, 1.165) is 113 Å². The second kappa shape index (κ2) is 37.2. The summed E-state index contributed by atoms with van der Waals surface area (Å²) in [5, 5.41) is 0. The molecular formula is C79H126O6. The van der Waals surface area contributed by atoms with Crippen molar-refractivity contribution in [1.29, 1.82) is 0 Å². The largest absolute Gasteiger partial charge is 0.299 e. The molecule has 0 aromatic heterocycles. The summed E-state index contributed by atoms with van der Waals surface area (Å²) in [7, 11) is 0. The van der Waals surface area contributed by atoms with Gasteiger partial charge in [0.1, 0.15) is 34.7 Å². The van der Waals surface area contributed by atoms with E-state index >= 15 is 0 Å². The number of allylic oxidation sites excluding steroid dienone is 8. The summed E-state index contributed by atoms with van der Waals surface area (Å²) < 4.78 is 0. The lowest BCUT2D eigenvalue weighted by molar-refractivity contribution is -0.129. The standard InChI is InChI=1S/C15H24O.C14H22O.C13H22O.C13H20O.C12H20O.C12H18O/c1-2-3-4-5-6-7-13-10-12-8-9-14(11-12)15(13)16;1-2-3-4-5-6-12-9-11-7-8-13(10-11)14(12)15;2*1-2-3-4-5-11-8-10-6-7-12(9-10)13(11)14;2*1-2-3-4-10-7-9-5-6-11(8-9)12(10)13/h8-9,12-14H,2-7,10-11H2,1H3;7-8,11-13H,2-6,9-10H2,1H3;10-12H,2-9H2,1H3;6-7,10-12H,2-5,8-9H2,1H3;9-11H,2-8H2,1H3;5-6,9-11H,2-4,7-8H2,1H3. The maximum absolute atomic E-state index is 12.1. The van der Waals surface area contributed by atoms with Gasteiger partial charge in [0.25, 0.3) is 0 Å². The topological polar surface area (TPSA) is 102 Å². The fourth-order valence-electron chi connectivity index (χ4n) is 18.1. The van der Waals surface area contributed by atoms with Crippen LogP contribution < -0.4 is 0 Å². The SMILES string of the molecule is CCCCC1CC2C=CC(C2)C1=O.CCCCC1CC2CCC(C2)C1=O.CCCCCC1CC2C=CC(C2)C1=O.CCCCCC1CC2CCC(C2)C1=O.CCCCCCC1CC2C=CC(C2)C1=O.CCCCCCCC1CC2C=CC(C2)C1=O. The molecule has 8 saturated carbocycles. The number of hydrogen-bond acceptors (Lipinski definition) is 6. The van der Waals surface area contributed by atoms with Crippen LogP contribution in [0, 0.1) is 107 Å². The Hall–Kier alpha value is -3.02. The Morgan fingerprint density at radius 1 is 0.247 bits per heavy atom. The van der Waals surface area contributed by atoms with E-state index in [9.17, 15) is 28.8 Å². The lowest BCUT2D eigenvalue weighted by Crippen LogP contribution is -2.28. The molecule has 18 unspecified atom stereocenters. The van der Waals surface area contributed by atoms with Gasteiger partial charge >= 0.3 is 0 Å². The van der Waals surface area contributed by atoms with Crippen molar-refractivity contribution in [2.45, 2.75) is 305 Å². The highest BCUT2D eigenvalue weighted by Crippen LogP contribution is 2.47. The Bertz CT molecular complexity index is 2160. The van der Waals surface area contributed by atoms with Gasteiger partial charge in [0.15, 0.2) is 0 Å². The van der Waals surface area contributed by atoms with Crippen molar-refractivity contribution in [3.8, 4) is 0 Å². The summed E-state index contributed by atoms with van der Waals surface area (Å²) in [6.07, 6.45) is 67.8. The van der Waals surface area contributed by atoms with Crippen LogP contribution in [-0.2, 0) is 28.8 Å². The molecule has 0 aromatic rings. The molecule has 0 aliphatic heterocycles. The quantitative estimate of drug-likeness (QED) is 0.0666. The molecule has 12 rings (SSSR count). The normalized spacial score (nSPS) is 35.3. The first-order valence-electron chi connectivity index (χ1n) is 37.3. The molecule has 478 valence electrons. The minimum Gasteiger partial charge on any atom is -0.299 e. The fourth-order valence-corrected chi connectivity index (χ4v) is 18.1. The van der Waals surface area contributed by atoms with Gasteiger partial charge < -0.3 is 0 Å². The Morgan fingerprint density at radius 3 is 0.800 bits per heavy atom. The van der Waals surface area contributed by atoms with Crippen molar-refractivity contribution in [2.75, 3.05) is 0 Å². The second-order valence-corrected chi connectivity index (χ2v) is 30.0. The van der Waals surface area contributed by atoms with E-state index in [1.54, 1.807) is 0 Å². The number of fused-ring (bicyclic) bond motifs is 12. The van der Waals surface area contributed by atoms with Crippen molar-refractivity contribution >= 4 is 34.7 Å². The smallest absolute Gasteiger partial charge is 0.142 e. The van der Waals surface area contributed by atoms with Crippen LogP contribution >= 0.6 is 0 Å². The third kappa shape index (κ3) is 21.3. The zero-order valence-electron chi connectivity index (χ0n) is 55.5. The first-order valence-corrected chi connectivity index (χ1v) is 37.3. The highest BCUT2D eigenvalue weighted by molar-refractivity contribution is 5.88. The van der Waals surface area contributed by atoms with Gasteiger partial charge in [0, 0.05) is 71.0 Å². The molecule has 85 heavy (non-hydrogen) atoms. The number of Topliss-reactive ketones (excluding diaryl/α,β-unsaturated/α-hetero) is 6. The molecule has 18 atom stereocenters. The van der Waals surface area contributed by atoms with Crippen LogP contribution in [0.25, 0.3) is 0 Å². The third-order valence-corrected chi connectivity index (χ3v) is 23.2. The zero-order chi connectivity index (χ0) is 60.5. The highest BCUT2D eigenvalue weighted by atomic mass is 16.1. The van der Waals surface area contributed by atoms with Crippen LogP contribution in [-0.4, -0.2) is 34.7 Å². The zero-order valence-corrected chi connectivity index (χ0v) is 55.5. The Morgan fingerprint density at radius 2 is 0.494 bits per heavy atom. The minimum absolute atomic E-state index is 0.291. The molecule has 0 heterocycles. The van der Waals surface area contributed by atoms with Gasteiger partial charge in [-0.1, -0.05) is 212 Å². The Kier molecular flexibility index (Phi) is 30.4. The summed E-state index contributed by atoms with van der Waals surface area (Å²) >= 11 is 0. The highest BCUT2D eigenvalue weighted by Gasteiger charge is 2.43. The van der Waals surface area contributed by atoms with E-state index in [4.69, 9.17) is 0 Å². The minimum atomic E-state index is 0.291. The van der Waals surface area contributed by atoms with Crippen molar-refractivity contribution in [3.63, 3.8) is 0 Å². The van der Waals surface area contributed by atoms with Gasteiger partial charge in [-0.15, -0.1) is 0 Å². The molecule has 0 saturated heterocycles. The van der Waals surface area contributed by atoms with Gasteiger partial charge in [-0.25, -0.2) is 0 Å². The summed E-state index contributed by atoms with van der Waals surface area (Å²) in [5.41, 5.74) is 0. The second-order valence-electron chi connectivity index (χ2n) is 30.0. The van der Waals surface area contributed by atoms with Gasteiger partial charge in [0.2, 0.25) is 0 Å². The van der Waals surface area contributed by atoms with Gasteiger partial charge in [-0.3, -0.25) is 28.8 Å². The lowest BCUT2D eigenvalue weighted by Gasteiger charge is -2.26. The molecule has 8 fully saturated rings. The van der Waals surface area contributed by atoms with Crippen LogP contribution in [0.1, 0.15) is 305 Å². The van der Waals surface area contributed by atoms with E-state index in [0.29, 0.717) is 106 Å². The summed E-state index contributed by atoms with van der Waals surface area (Å²) in [5.74, 6) is 12.7. The molecular weight excluding hydrogens is 1040 g/mol. The van der Waals surface area contributed by atoms with Crippen LogP contribution in [0.15, 0.2) is 48.6 Å². The van der Waals surface area contributed by atoms with Crippen molar-refractivity contribution in [3.05, 3.63) is 48.6 Å². The van der Waals surface area contributed by atoms with Gasteiger partial charge in [0.05, 0.1) is 0 Å². The van der Waals surface area contributed by atoms with E-state index in [-0.39, 0.29) is 0 Å². The fraction of sp³-hybridized carbons (Fsp3) is 0.823. The number of rotatable bonds is 25. The monoisotopic (exact) mass is 1170 g/mol. The first-order chi connectivity index (χ1) is 41.4. The average Bonchev–Trinajstić information content (AvgIpc) is 4.59. The third-order valence-electron chi connectivity index (χ3n) is 23.2. The molecule has 0 amide bonds. The van der Waals surface area contributed by atoms with Gasteiger partial charge in [-0.05, 0) is 177 Å². The van der Waals surface area contributed by atoms with E-state index < -0.39 is 0 Å². The lowest BCUT2D eigenvalue weighted by atomic mass is 9.77. The first kappa shape index (κ1) is 69.5. The summed E-state index contributed by atoms with van der Waals surface area (Å²) in [6, 6.07) is 0. The molecule has 0 spiro atoms. The number of hydrogen-bond donors (Lipinski definition) is 0. The van der Waals surface area contributed by atoms with Crippen LogP contribution in [0.2, 0.25) is 0 Å². The Balaban J connectivity index is 0.000000146. The summed E-state index contributed by atoms with van der Waals surface area (Å²) in [4.78, 5) is 71.7. The van der Waals surface area contributed by atoms with Crippen molar-refractivity contribution < 1.29 is 28.8 Å². The average molecular weight is 1170 g/mol. The van der Waals surface area contributed by atoms with Gasteiger partial charge in [-0.2, -0.15) is 0 Å². The predicted molar refractivity (Wildman–Crippen MR) is 353 cm³/mol. The van der Waals surface area contributed by atoms with Crippen molar-refractivity contribution in [1.82, 2.24) is 0 Å². The van der Waals surface area contributed by atoms with Crippen molar-refractivity contribution in [2.24, 2.45) is 107 Å². The molecule has 0 radical (unpaired) electrons. The van der Waals surface area contributed by atoms with E-state index in [2.05, 4.69) is 90.2 Å². The number of ketones is 6. The van der Waals surface area contributed by atoms with E-state index in [1.807, 2.05) is 0 Å². The maximum Gasteiger partial charge on any atom is 0.142 e. The molecule has 6 heteroatoms. The molecule has 12 aliphatic rings.